The molecule has 0 heterocycles. The second-order valence-corrected chi connectivity index (χ2v) is 5.55. The van der Waals surface area contributed by atoms with E-state index in [4.69, 9.17) is 4.74 Å². The van der Waals surface area contributed by atoms with Gasteiger partial charge < -0.3 is 15.4 Å². The van der Waals surface area contributed by atoms with Gasteiger partial charge in [-0.15, -0.1) is 0 Å². The highest BCUT2D eigenvalue weighted by Gasteiger charge is 2.20. The second kappa shape index (κ2) is 7.63. The number of ether oxygens (including phenoxy) is 1. The minimum Gasteiger partial charge on any atom is -0.383 e. The summed E-state index contributed by atoms with van der Waals surface area (Å²) in [7, 11) is 1.74. The molecule has 2 rings (SSSR count). The third-order valence-electron chi connectivity index (χ3n) is 3.82. The fourth-order valence-corrected chi connectivity index (χ4v) is 2.73. The lowest BCUT2D eigenvalue weighted by atomic mass is 10.1. The zero-order valence-corrected chi connectivity index (χ0v) is 12.1. The van der Waals surface area contributed by atoms with Crippen molar-refractivity contribution in [2.75, 3.05) is 33.4 Å². The lowest BCUT2D eigenvalue weighted by molar-refractivity contribution is 0.198. The van der Waals surface area contributed by atoms with Gasteiger partial charge in [-0.2, -0.15) is 0 Å². The second-order valence-electron chi connectivity index (χ2n) is 5.55. The Morgan fingerprint density at radius 3 is 2.58 bits per heavy atom. The highest BCUT2D eigenvalue weighted by atomic mass is 16.5. The van der Waals surface area contributed by atoms with Gasteiger partial charge in [0.1, 0.15) is 0 Å². The van der Waals surface area contributed by atoms with Crippen LogP contribution >= 0.6 is 0 Å². The van der Waals surface area contributed by atoms with Crippen molar-refractivity contribution in [3.8, 4) is 0 Å². The van der Waals surface area contributed by atoms with E-state index in [9.17, 15) is 0 Å². The van der Waals surface area contributed by atoms with E-state index in [1.54, 1.807) is 18.2 Å². The van der Waals surface area contributed by atoms with Gasteiger partial charge in [0.05, 0.1) is 6.61 Å². The van der Waals surface area contributed by atoms with Gasteiger partial charge in [0.15, 0.2) is 0 Å². The Labute approximate surface area is 116 Å². The van der Waals surface area contributed by atoms with Gasteiger partial charge >= 0.3 is 0 Å². The molecule has 1 aliphatic carbocycles. The van der Waals surface area contributed by atoms with Crippen LogP contribution in [-0.2, 0) is 17.6 Å². The average molecular weight is 262 g/mol. The van der Waals surface area contributed by atoms with Crippen LogP contribution in [-0.4, -0.2) is 39.4 Å². The number of fused-ring (bicyclic) bond motifs is 1. The number of nitrogens with one attached hydrogen (secondary N) is 2. The van der Waals surface area contributed by atoms with Crippen molar-refractivity contribution < 1.29 is 4.74 Å². The molecule has 0 spiro atoms. The maximum Gasteiger partial charge on any atom is 0.0587 e. The highest BCUT2D eigenvalue weighted by Crippen LogP contribution is 2.25. The van der Waals surface area contributed by atoms with Crippen LogP contribution in [0.5, 0.6) is 0 Å². The fourth-order valence-electron chi connectivity index (χ4n) is 2.73. The van der Waals surface area contributed by atoms with Gasteiger partial charge in [0.25, 0.3) is 0 Å². The van der Waals surface area contributed by atoms with Crippen molar-refractivity contribution in [3.63, 3.8) is 0 Å². The molecule has 0 aliphatic heterocycles. The number of rotatable bonds is 8. The van der Waals surface area contributed by atoms with E-state index >= 15 is 0 Å². The molecule has 106 valence electrons. The minimum atomic E-state index is 0.514. The van der Waals surface area contributed by atoms with Gasteiger partial charge in [-0.25, -0.2) is 0 Å². The summed E-state index contributed by atoms with van der Waals surface area (Å²) in [5.41, 5.74) is 3.08. The molecule has 19 heavy (non-hydrogen) atoms. The molecule has 2 N–H and O–H groups in total. The van der Waals surface area contributed by atoms with Crippen molar-refractivity contribution in [1.29, 1.82) is 0 Å². The Morgan fingerprint density at radius 2 is 1.95 bits per heavy atom. The van der Waals surface area contributed by atoms with Crippen LogP contribution in [0.2, 0.25) is 0 Å². The molecule has 0 radical (unpaired) electrons. The smallest absolute Gasteiger partial charge is 0.0587 e. The fraction of sp³-hybridized carbons (Fsp3) is 0.625. The van der Waals surface area contributed by atoms with Gasteiger partial charge in [0, 0.05) is 26.2 Å². The summed E-state index contributed by atoms with van der Waals surface area (Å²) in [4.78, 5) is 0. The van der Waals surface area contributed by atoms with Crippen molar-refractivity contribution >= 4 is 0 Å². The molecule has 1 atom stereocenters. The summed E-state index contributed by atoms with van der Waals surface area (Å²) < 4.78 is 5.02. The third kappa shape index (κ3) is 4.60. The van der Waals surface area contributed by atoms with Crippen molar-refractivity contribution in [1.82, 2.24) is 10.6 Å². The van der Waals surface area contributed by atoms with Crippen LogP contribution in [0.1, 0.15) is 18.1 Å². The molecule has 3 nitrogen and oxygen atoms in total. The van der Waals surface area contributed by atoms with Gasteiger partial charge in [-0.05, 0) is 43.4 Å². The van der Waals surface area contributed by atoms with Gasteiger partial charge in [-0.1, -0.05) is 24.3 Å². The summed E-state index contributed by atoms with van der Waals surface area (Å²) in [6, 6.07) is 9.35. The number of hydrogen-bond donors (Lipinski definition) is 2. The molecule has 1 unspecified atom stereocenters. The van der Waals surface area contributed by atoms with Crippen LogP contribution in [0.25, 0.3) is 0 Å². The van der Waals surface area contributed by atoms with Crippen molar-refractivity contribution in [2.45, 2.75) is 25.8 Å². The van der Waals surface area contributed by atoms with E-state index in [1.165, 1.54) is 12.8 Å². The zero-order valence-electron chi connectivity index (χ0n) is 12.1. The van der Waals surface area contributed by atoms with Crippen molar-refractivity contribution in [2.24, 2.45) is 5.92 Å². The Bertz CT molecular complexity index is 356. The predicted octanol–water partition coefficient (Wildman–Crippen LogP) is 1.62. The van der Waals surface area contributed by atoms with Crippen molar-refractivity contribution in [3.05, 3.63) is 35.4 Å². The number of benzene rings is 1. The van der Waals surface area contributed by atoms with Crippen LogP contribution in [0.3, 0.4) is 0 Å². The maximum absolute atomic E-state index is 5.02. The summed E-state index contributed by atoms with van der Waals surface area (Å²) in [6.45, 7) is 6.06. The standard InChI is InChI=1S/C16H26N2O/c1-13(11-17-7-8-19-2)18-12-14-9-15-5-3-4-6-16(15)10-14/h3-6,13-14,17-18H,7-12H2,1-2H3. The Balaban J connectivity index is 1.62. The molecular formula is C16H26N2O. The molecule has 1 aromatic carbocycles. The first-order valence-electron chi connectivity index (χ1n) is 7.29. The molecule has 1 aromatic rings. The van der Waals surface area contributed by atoms with Gasteiger partial charge in [-0.3, -0.25) is 0 Å². The molecule has 0 saturated carbocycles. The molecule has 0 fully saturated rings. The first-order valence-corrected chi connectivity index (χ1v) is 7.29. The summed E-state index contributed by atoms with van der Waals surface area (Å²) in [5, 5.41) is 7.02. The molecular weight excluding hydrogens is 236 g/mol. The minimum absolute atomic E-state index is 0.514. The maximum atomic E-state index is 5.02. The lowest BCUT2D eigenvalue weighted by Gasteiger charge is -2.17. The Hall–Kier alpha value is -0.900. The van der Waals surface area contributed by atoms with E-state index in [2.05, 4.69) is 41.8 Å². The van der Waals surface area contributed by atoms with Gasteiger partial charge in [0.2, 0.25) is 0 Å². The lowest BCUT2D eigenvalue weighted by Crippen LogP contribution is -2.39. The quantitative estimate of drug-likeness (QED) is 0.698. The average Bonchev–Trinajstić information content (AvgIpc) is 2.84. The summed E-state index contributed by atoms with van der Waals surface area (Å²) in [6.07, 6.45) is 2.46. The van der Waals surface area contributed by atoms with Crippen LogP contribution < -0.4 is 10.6 Å². The highest BCUT2D eigenvalue weighted by molar-refractivity contribution is 5.32. The largest absolute Gasteiger partial charge is 0.383 e. The zero-order chi connectivity index (χ0) is 13.5. The van der Waals surface area contributed by atoms with Crippen LogP contribution in [0.15, 0.2) is 24.3 Å². The first kappa shape index (κ1) is 14.5. The van der Waals surface area contributed by atoms with E-state index in [0.717, 1.165) is 32.2 Å². The molecule has 3 heteroatoms. The third-order valence-corrected chi connectivity index (χ3v) is 3.82. The normalized spacial score (nSPS) is 16.5. The van der Waals surface area contributed by atoms with E-state index < -0.39 is 0 Å². The summed E-state index contributed by atoms with van der Waals surface area (Å²) in [5.74, 6) is 0.763. The molecule has 1 aliphatic rings. The van der Waals surface area contributed by atoms with Crippen LogP contribution in [0, 0.1) is 5.92 Å². The van der Waals surface area contributed by atoms with E-state index in [-0.39, 0.29) is 0 Å². The molecule has 0 bridgehead atoms. The van der Waals surface area contributed by atoms with E-state index in [0.29, 0.717) is 6.04 Å². The SMILES string of the molecule is COCCNCC(C)NCC1Cc2ccccc2C1. The molecule has 0 saturated heterocycles. The van der Waals surface area contributed by atoms with Crippen LogP contribution in [0.4, 0.5) is 0 Å². The topological polar surface area (TPSA) is 33.3 Å². The predicted molar refractivity (Wildman–Crippen MR) is 79.6 cm³/mol. The number of hydrogen-bond acceptors (Lipinski definition) is 3. The molecule has 0 aromatic heterocycles. The Kier molecular flexibility index (Phi) is 5.83. The summed E-state index contributed by atoms with van der Waals surface area (Å²) >= 11 is 0. The van der Waals surface area contributed by atoms with E-state index in [1.807, 2.05) is 0 Å². The molecule has 0 amide bonds. The monoisotopic (exact) mass is 262 g/mol. The Morgan fingerprint density at radius 1 is 1.26 bits per heavy atom. The number of methoxy groups -OCH3 is 1. The first-order chi connectivity index (χ1) is 9.29.